The van der Waals surface area contributed by atoms with E-state index in [1.807, 2.05) is 0 Å². The molecule has 5 aliphatic rings. The molecule has 1 aromatic carbocycles. The van der Waals surface area contributed by atoms with Gasteiger partial charge in [-0.15, -0.1) is 5.06 Å². The minimum atomic E-state index is 0.156. The molecular formula is C17H21NO. The van der Waals surface area contributed by atoms with Crippen molar-refractivity contribution in [2.45, 2.75) is 44.4 Å². The van der Waals surface area contributed by atoms with Crippen LogP contribution < -0.4 is 0 Å². The third kappa shape index (κ3) is 1.45. The van der Waals surface area contributed by atoms with Crippen LogP contribution in [0, 0.1) is 23.7 Å². The highest BCUT2D eigenvalue weighted by Gasteiger charge is 2.70. The second-order valence-electron chi connectivity index (χ2n) is 7.17. The van der Waals surface area contributed by atoms with Gasteiger partial charge in [0, 0.05) is 11.8 Å². The van der Waals surface area contributed by atoms with Gasteiger partial charge in [-0.1, -0.05) is 30.3 Å². The largest absolute Gasteiger partial charge is 0.271 e. The van der Waals surface area contributed by atoms with Crippen molar-refractivity contribution in [1.29, 1.82) is 0 Å². The number of nitrogens with zero attached hydrogens (tertiary/aromatic N) is 1. The summed E-state index contributed by atoms with van der Waals surface area (Å²) in [7, 11) is 0. The Morgan fingerprint density at radius 2 is 1.58 bits per heavy atom. The van der Waals surface area contributed by atoms with E-state index in [0.29, 0.717) is 0 Å². The van der Waals surface area contributed by atoms with Crippen LogP contribution in [0.1, 0.15) is 37.7 Å². The molecule has 6 rings (SSSR count). The quantitative estimate of drug-likeness (QED) is 0.751. The molecule has 19 heavy (non-hydrogen) atoms. The van der Waals surface area contributed by atoms with E-state index in [4.69, 9.17) is 4.84 Å². The number of hydroxylamine groups is 2. The number of hydrogen-bond donors (Lipinski definition) is 0. The highest BCUT2D eigenvalue weighted by molar-refractivity contribution is 5.17. The summed E-state index contributed by atoms with van der Waals surface area (Å²) in [6.07, 6.45) is 7.23. The predicted molar refractivity (Wildman–Crippen MR) is 72.8 cm³/mol. The summed E-state index contributed by atoms with van der Waals surface area (Å²) >= 11 is 0. The Balaban J connectivity index is 1.39. The fourth-order valence-electron chi connectivity index (χ4n) is 5.48. The zero-order valence-corrected chi connectivity index (χ0v) is 11.3. The zero-order chi connectivity index (χ0) is 12.4. The third-order valence-corrected chi connectivity index (χ3v) is 6.09. The average molecular weight is 255 g/mol. The van der Waals surface area contributed by atoms with Crippen LogP contribution in [0.4, 0.5) is 0 Å². The summed E-state index contributed by atoms with van der Waals surface area (Å²) in [5, 5.41) is 2.31. The summed E-state index contributed by atoms with van der Waals surface area (Å²) in [5.74, 6) is 3.70. The first-order valence-corrected chi connectivity index (χ1v) is 7.85. The molecule has 1 heterocycles. The van der Waals surface area contributed by atoms with Crippen LogP contribution in [0.3, 0.4) is 0 Å². The molecule has 0 amide bonds. The van der Waals surface area contributed by atoms with Crippen LogP contribution >= 0.6 is 0 Å². The maximum absolute atomic E-state index is 6.22. The Labute approximate surface area is 114 Å². The molecule has 2 heteroatoms. The molecule has 5 fully saturated rings. The van der Waals surface area contributed by atoms with Crippen molar-refractivity contribution in [2.24, 2.45) is 23.7 Å². The maximum Gasteiger partial charge on any atom is 0.170 e. The summed E-state index contributed by atoms with van der Waals surface area (Å²) in [5.41, 5.74) is 1.54. The van der Waals surface area contributed by atoms with Crippen LogP contribution in [0.25, 0.3) is 0 Å². The summed E-state index contributed by atoms with van der Waals surface area (Å²) in [6, 6.07) is 10.8. The Hall–Kier alpha value is -0.860. The zero-order valence-electron chi connectivity index (χ0n) is 11.3. The van der Waals surface area contributed by atoms with E-state index in [0.717, 1.165) is 30.2 Å². The Morgan fingerprint density at radius 3 is 2.21 bits per heavy atom. The number of hydrogen-bond acceptors (Lipinski definition) is 2. The minimum absolute atomic E-state index is 0.156. The highest BCUT2D eigenvalue weighted by Crippen LogP contribution is 2.66. The molecule has 1 spiro atoms. The van der Waals surface area contributed by atoms with E-state index in [2.05, 4.69) is 35.4 Å². The molecular weight excluding hydrogens is 234 g/mol. The van der Waals surface area contributed by atoms with E-state index in [1.54, 1.807) is 0 Å². The fourth-order valence-corrected chi connectivity index (χ4v) is 5.48. The summed E-state index contributed by atoms with van der Waals surface area (Å²) in [4.78, 5) is 6.22. The molecule has 1 unspecified atom stereocenters. The maximum atomic E-state index is 6.22. The molecule has 1 aromatic rings. The van der Waals surface area contributed by atoms with E-state index < -0.39 is 0 Å². The smallest absolute Gasteiger partial charge is 0.170 e. The molecule has 2 nitrogen and oxygen atoms in total. The van der Waals surface area contributed by atoms with Gasteiger partial charge in [0.1, 0.15) is 0 Å². The molecule has 100 valence electrons. The lowest BCUT2D eigenvalue weighted by molar-refractivity contribution is -0.0582. The Kier molecular flexibility index (Phi) is 2.07. The normalized spacial score (nSPS) is 49.8. The molecule has 4 bridgehead atoms. The topological polar surface area (TPSA) is 15.5 Å². The van der Waals surface area contributed by atoms with Crippen molar-refractivity contribution in [3.05, 3.63) is 35.9 Å². The molecule has 4 saturated carbocycles. The van der Waals surface area contributed by atoms with E-state index in [9.17, 15) is 0 Å². The van der Waals surface area contributed by atoms with Gasteiger partial charge in [0.25, 0.3) is 0 Å². The second-order valence-corrected chi connectivity index (χ2v) is 7.17. The van der Waals surface area contributed by atoms with Crippen LogP contribution in [-0.2, 0) is 11.4 Å². The molecule has 1 atom stereocenters. The second kappa shape index (κ2) is 3.62. The van der Waals surface area contributed by atoms with Crippen LogP contribution in [0.2, 0.25) is 0 Å². The van der Waals surface area contributed by atoms with Crippen LogP contribution in [-0.4, -0.2) is 10.8 Å². The molecule has 0 radical (unpaired) electrons. The highest BCUT2D eigenvalue weighted by atomic mass is 16.9. The minimum Gasteiger partial charge on any atom is -0.271 e. The lowest BCUT2D eigenvalue weighted by Crippen LogP contribution is -2.52. The van der Waals surface area contributed by atoms with Gasteiger partial charge >= 0.3 is 0 Å². The molecule has 1 saturated heterocycles. The van der Waals surface area contributed by atoms with Gasteiger partial charge in [-0.25, -0.2) is 0 Å². The number of benzene rings is 1. The molecule has 0 N–H and O–H groups in total. The van der Waals surface area contributed by atoms with Gasteiger partial charge in [0.15, 0.2) is 5.72 Å². The van der Waals surface area contributed by atoms with E-state index >= 15 is 0 Å². The average Bonchev–Trinajstić information content (AvgIpc) is 3.11. The molecule has 1 aliphatic heterocycles. The van der Waals surface area contributed by atoms with Gasteiger partial charge in [0.2, 0.25) is 0 Å². The van der Waals surface area contributed by atoms with Gasteiger partial charge in [-0.3, -0.25) is 4.84 Å². The fraction of sp³-hybridized carbons (Fsp3) is 0.647. The SMILES string of the molecule is c1ccc(CN2OC23C2CC4CC(C2)CC3C4)cc1. The molecule has 4 aliphatic carbocycles. The summed E-state index contributed by atoms with van der Waals surface area (Å²) < 4.78 is 0. The van der Waals surface area contributed by atoms with Crippen molar-refractivity contribution < 1.29 is 4.84 Å². The summed E-state index contributed by atoms with van der Waals surface area (Å²) in [6.45, 7) is 0.975. The lowest BCUT2D eigenvalue weighted by Gasteiger charge is -2.52. The van der Waals surface area contributed by atoms with Crippen molar-refractivity contribution in [3.63, 3.8) is 0 Å². The number of rotatable bonds is 2. The van der Waals surface area contributed by atoms with E-state index in [-0.39, 0.29) is 5.72 Å². The van der Waals surface area contributed by atoms with Gasteiger partial charge in [-0.2, -0.15) is 0 Å². The van der Waals surface area contributed by atoms with Crippen LogP contribution in [0.15, 0.2) is 30.3 Å². The van der Waals surface area contributed by atoms with Crippen LogP contribution in [0.5, 0.6) is 0 Å². The van der Waals surface area contributed by atoms with Crippen molar-refractivity contribution in [1.82, 2.24) is 5.06 Å². The van der Waals surface area contributed by atoms with Gasteiger partial charge in [-0.05, 0) is 49.5 Å². The first-order chi connectivity index (χ1) is 9.34. The third-order valence-electron chi connectivity index (χ3n) is 6.09. The van der Waals surface area contributed by atoms with Gasteiger partial charge < -0.3 is 0 Å². The van der Waals surface area contributed by atoms with Crippen molar-refractivity contribution in [2.75, 3.05) is 0 Å². The predicted octanol–water partition coefficient (Wildman–Crippen LogP) is 3.59. The lowest BCUT2D eigenvalue weighted by atomic mass is 9.53. The van der Waals surface area contributed by atoms with Gasteiger partial charge in [0.05, 0.1) is 6.54 Å². The first-order valence-electron chi connectivity index (χ1n) is 7.85. The first kappa shape index (κ1) is 10.9. The van der Waals surface area contributed by atoms with Crippen molar-refractivity contribution in [3.8, 4) is 0 Å². The van der Waals surface area contributed by atoms with E-state index in [1.165, 1.54) is 37.7 Å². The Morgan fingerprint density at radius 1 is 0.947 bits per heavy atom. The Bertz CT molecular complexity index is 469. The molecule has 0 aromatic heterocycles. The monoisotopic (exact) mass is 255 g/mol. The standard InChI is InChI=1S/C17H21NO/c1-2-4-12(5-3-1)11-18-17(19-18)15-7-13-6-14(9-15)10-16(17)8-13/h1-5,13-16H,6-11H2. The van der Waals surface area contributed by atoms with Crippen molar-refractivity contribution >= 4 is 0 Å².